The van der Waals surface area contributed by atoms with Crippen molar-refractivity contribution in [3.8, 4) is 27.9 Å². The maximum atomic E-state index is 2.39. The highest BCUT2D eigenvalue weighted by Gasteiger charge is 2.40. The molecule has 1 aliphatic rings. The summed E-state index contributed by atoms with van der Waals surface area (Å²) < 4.78 is 2.39. The lowest BCUT2D eigenvalue weighted by Crippen LogP contribution is -2.22. The molecule has 10 aromatic carbocycles. The summed E-state index contributed by atoms with van der Waals surface area (Å²) in [5.74, 6) is 0. The molecule has 0 saturated heterocycles. The molecule has 0 atom stereocenters. The highest BCUT2D eigenvalue weighted by atomic mass is 15.2. The van der Waals surface area contributed by atoms with Crippen molar-refractivity contribution in [2.24, 2.45) is 0 Å². The summed E-state index contributed by atoms with van der Waals surface area (Å²) in [6.07, 6.45) is 0. The summed E-state index contributed by atoms with van der Waals surface area (Å²) in [6.45, 7) is 2.38. The van der Waals surface area contributed by atoms with Crippen LogP contribution in [0.15, 0.2) is 255 Å². The summed E-state index contributed by atoms with van der Waals surface area (Å²) >= 11 is 0. The Hall–Kier alpha value is -8.40. The first-order valence-corrected chi connectivity index (χ1v) is 22.4. The van der Waals surface area contributed by atoms with Gasteiger partial charge in [0.25, 0.3) is 0 Å². The van der Waals surface area contributed by atoms with Gasteiger partial charge in [-0.05, 0) is 143 Å². The third kappa shape index (κ3) is 6.43. The quantitative estimate of drug-likeness (QED) is 0.144. The lowest BCUT2D eigenvalue weighted by atomic mass is 9.74. The van der Waals surface area contributed by atoms with Crippen LogP contribution in [0.5, 0.6) is 0 Å². The maximum Gasteiger partial charge on any atom is 0.0547 e. The molecule has 3 nitrogen and oxygen atoms in total. The Morgan fingerprint density at radius 3 is 1.28 bits per heavy atom. The number of hydrogen-bond acceptors (Lipinski definition) is 2. The predicted molar refractivity (Wildman–Crippen MR) is 273 cm³/mol. The minimum Gasteiger partial charge on any atom is -0.311 e. The van der Waals surface area contributed by atoms with Crippen LogP contribution >= 0.6 is 0 Å². The molecule has 1 aliphatic carbocycles. The van der Waals surface area contributed by atoms with Crippen LogP contribution in [0.2, 0.25) is 0 Å². The van der Waals surface area contributed by atoms with E-state index in [9.17, 15) is 0 Å². The normalized spacial score (nSPS) is 12.5. The second-order valence-corrected chi connectivity index (χ2v) is 17.1. The highest BCUT2D eigenvalue weighted by molar-refractivity contribution is 6.10. The summed E-state index contributed by atoms with van der Waals surface area (Å²) in [4.78, 5) is 4.69. The van der Waals surface area contributed by atoms with Gasteiger partial charge in [0.2, 0.25) is 0 Å². The van der Waals surface area contributed by atoms with E-state index in [4.69, 9.17) is 0 Å². The van der Waals surface area contributed by atoms with Gasteiger partial charge in [0.05, 0.1) is 11.0 Å². The van der Waals surface area contributed by atoms with E-state index in [1.807, 2.05) is 0 Å². The van der Waals surface area contributed by atoms with E-state index in [1.165, 1.54) is 60.8 Å². The summed E-state index contributed by atoms with van der Waals surface area (Å²) in [6, 6.07) is 92.5. The van der Waals surface area contributed by atoms with E-state index >= 15 is 0 Å². The second-order valence-electron chi connectivity index (χ2n) is 17.1. The minimum atomic E-state index is -0.272. The molecule has 1 heterocycles. The van der Waals surface area contributed by atoms with Crippen LogP contribution in [0.25, 0.3) is 49.7 Å². The molecule has 65 heavy (non-hydrogen) atoms. The number of benzene rings is 10. The van der Waals surface area contributed by atoms with Crippen LogP contribution in [0, 0.1) is 0 Å². The van der Waals surface area contributed by atoms with Crippen LogP contribution < -0.4 is 9.80 Å². The summed E-state index contributed by atoms with van der Waals surface area (Å²) in [7, 11) is 0. The molecule has 0 aliphatic heterocycles. The van der Waals surface area contributed by atoms with Crippen LogP contribution in [0.4, 0.5) is 34.1 Å². The van der Waals surface area contributed by atoms with Crippen molar-refractivity contribution in [2.75, 3.05) is 9.80 Å². The van der Waals surface area contributed by atoms with E-state index in [1.54, 1.807) is 0 Å². The Kier molecular flexibility index (Phi) is 9.28. The lowest BCUT2D eigenvalue weighted by molar-refractivity contribution is 0.714. The van der Waals surface area contributed by atoms with Crippen molar-refractivity contribution < 1.29 is 0 Å². The zero-order chi connectivity index (χ0) is 43.3. The molecular formula is C62H45N3. The molecule has 3 heteroatoms. The first-order chi connectivity index (χ1) is 32.1. The Balaban J connectivity index is 0.955. The van der Waals surface area contributed by atoms with E-state index in [-0.39, 0.29) is 5.41 Å². The van der Waals surface area contributed by atoms with Crippen molar-refractivity contribution in [2.45, 2.75) is 12.3 Å². The van der Waals surface area contributed by atoms with Crippen LogP contribution in [0.3, 0.4) is 0 Å². The average molecular weight is 832 g/mol. The monoisotopic (exact) mass is 831 g/mol. The molecule has 0 unspecified atom stereocenters. The summed E-state index contributed by atoms with van der Waals surface area (Å²) in [5.41, 5.74) is 18.8. The van der Waals surface area contributed by atoms with Crippen molar-refractivity contribution >= 4 is 55.9 Å². The third-order valence-electron chi connectivity index (χ3n) is 13.5. The molecule has 0 N–H and O–H groups in total. The number of rotatable bonds is 9. The minimum absolute atomic E-state index is 0.272. The fourth-order valence-electron chi connectivity index (χ4n) is 10.3. The average Bonchev–Trinajstić information content (AvgIpc) is 3.85. The first kappa shape index (κ1) is 38.3. The topological polar surface area (TPSA) is 11.4 Å². The molecule has 0 saturated carbocycles. The standard InChI is InChI=1S/C62H45N3/c1-62(58-26-14-11-23-54(58)55-24-12-15-27-59(55)62)46-32-36-51(37-33-46)64(53-40-38-52(39-41-53)63(47-17-5-2-6-18-47)48-19-7-3-8-20-48)50-34-29-44(30-35-50)45-31-42-57-56-25-13-16-28-60(56)65(61(57)43-45)49-21-9-4-10-22-49/h2-43H,1H3. The highest BCUT2D eigenvalue weighted by Crippen LogP contribution is 2.52. The molecule has 11 aromatic rings. The molecular weight excluding hydrogens is 787 g/mol. The molecule has 0 spiro atoms. The van der Waals surface area contributed by atoms with E-state index in [0.717, 1.165) is 39.8 Å². The number of nitrogens with zero attached hydrogens (tertiary/aromatic N) is 3. The van der Waals surface area contributed by atoms with Gasteiger partial charge in [-0.1, -0.05) is 158 Å². The molecule has 308 valence electrons. The Labute approximate surface area is 380 Å². The van der Waals surface area contributed by atoms with Gasteiger partial charge in [0.15, 0.2) is 0 Å². The maximum absolute atomic E-state index is 2.39. The van der Waals surface area contributed by atoms with Crippen LogP contribution in [-0.4, -0.2) is 4.57 Å². The molecule has 0 radical (unpaired) electrons. The number of hydrogen-bond donors (Lipinski definition) is 0. The number of anilines is 6. The first-order valence-electron chi connectivity index (χ1n) is 22.4. The Bertz CT molecular complexity index is 3380. The van der Waals surface area contributed by atoms with Gasteiger partial charge in [-0.25, -0.2) is 0 Å². The van der Waals surface area contributed by atoms with Crippen molar-refractivity contribution in [3.63, 3.8) is 0 Å². The summed E-state index contributed by atoms with van der Waals surface area (Å²) in [5, 5.41) is 2.51. The van der Waals surface area contributed by atoms with Gasteiger partial charge in [-0.15, -0.1) is 0 Å². The van der Waals surface area contributed by atoms with E-state index in [2.05, 4.69) is 276 Å². The van der Waals surface area contributed by atoms with Gasteiger partial charge in [0, 0.05) is 56.0 Å². The van der Waals surface area contributed by atoms with Gasteiger partial charge < -0.3 is 14.4 Å². The third-order valence-corrected chi connectivity index (χ3v) is 13.5. The zero-order valence-corrected chi connectivity index (χ0v) is 36.1. The number of fused-ring (bicyclic) bond motifs is 6. The number of aromatic nitrogens is 1. The lowest BCUT2D eigenvalue weighted by Gasteiger charge is -2.30. The molecule has 12 rings (SSSR count). The fraction of sp³-hybridized carbons (Fsp3) is 0.0323. The Morgan fingerprint density at radius 1 is 0.323 bits per heavy atom. The van der Waals surface area contributed by atoms with Gasteiger partial charge in [-0.3, -0.25) is 0 Å². The SMILES string of the molecule is CC1(c2ccc(N(c3ccc(-c4ccc5c6ccccc6n(-c6ccccc6)c5c4)cc3)c3ccc(N(c4ccccc4)c4ccccc4)cc3)cc2)c2ccccc2-c2ccccc21. The number of para-hydroxylation sites is 4. The van der Waals surface area contributed by atoms with Crippen LogP contribution in [-0.2, 0) is 5.41 Å². The zero-order valence-electron chi connectivity index (χ0n) is 36.1. The van der Waals surface area contributed by atoms with Crippen molar-refractivity contribution in [3.05, 3.63) is 271 Å². The van der Waals surface area contributed by atoms with Gasteiger partial charge >= 0.3 is 0 Å². The second kappa shape index (κ2) is 15.7. The molecule has 0 amide bonds. The van der Waals surface area contributed by atoms with Crippen molar-refractivity contribution in [1.82, 2.24) is 4.57 Å². The molecule has 1 aromatic heterocycles. The largest absolute Gasteiger partial charge is 0.311 e. The smallest absolute Gasteiger partial charge is 0.0547 e. The predicted octanol–water partition coefficient (Wildman–Crippen LogP) is 16.7. The van der Waals surface area contributed by atoms with Crippen molar-refractivity contribution in [1.29, 1.82) is 0 Å². The van der Waals surface area contributed by atoms with E-state index < -0.39 is 0 Å². The van der Waals surface area contributed by atoms with Gasteiger partial charge in [-0.2, -0.15) is 0 Å². The Morgan fingerprint density at radius 2 is 0.723 bits per heavy atom. The van der Waals surface area contributed by atoms with Gasteiger partial charge in [0.1, 0.15) is 0 Å². The molecule has 0 fully saturated rings. The van der Waals surface area contributed by atoms with E-state index in [0.29, 0.717) is 0 Å². The van der Waals surface area contributed by atoms with Crippen LogP contribution in [0.1, 0.15) is 23.6 Å². The fourth-order valence-corrected chi connectivity index (χ4v) is 10.3. The molecule has 0 bridgehead atoms.